The number of rotatable bonds is 6. The Balaban J connectivity index is 2.18. The van der Waals surface area contributed by atoms with Gasteiger partial charge in [-0.1, -0.05) is 13.0 Å². The van der Waals surface area contributed by atoms with Crippen LogP contribution in [0, 0.1) is 6.92 Å². The minimum atomic E-state index is 0.674. The fourth-order valence-corrected chi connectivity index (χ4v) is 2.02. The summed E-state index contributed by atoms with van der Waals surface area (Å²) in [6, 6.07) is 7.94. The number of anilines is 2. The first-order valence-electron chi connectivity index (χ1n) is 6.76. The van der Waals surface area contributed by atoms with Crippen LogP contribution in [-0.2, 0) is 6.54 Å². The molecule has 0 fully saturated rings. The van der Waals surface area contributed by atoms with Gasteiger partial charge >= 0.3 is 0 Å². The number of hydrogen-bond donors (Lipinski definition) is 1. The van der Waals surface area contributed by atoms with Crippen molar-refractivity contribution in [3.8, 4) is 5.75 Å². The normalized spacial score (nSPS) is 10.5. The minimum absolute atomic E-state index is 0.674. The maximum absolute atomic E-state index is 5.50. The van der Waals surface area contributed by atoms with Crippen molar-refractivity contribution in [3.63, 3.8) is 0 Å². The zero-order chi connectivity index (χ0) is 13.7. The lowest BCUT2D eigenvalue weighted by molar-refractivity contribution is 0.340. The number of benzene rings is 1. The smallest absolute Gasteiger partial charge is 0.207 e. The molecule has 0 bridgehead atoms. The minimum Gasteiger partial charge on any atom is -0.494 e. The van der Waals surface area contributed by atoms with Crippen LogP contribution >= 0.6 is 0 Å². The molecule has 19 heavy (non-hydrogen) atoms. The van der Waals surface area contributed by atoms with Crippen LogP contribution in [-0.4, -0.2) is 16.2 Å². The molecule has 2 aromatic rings. The summed E-state index contributed by atoms with van der Waals surface area (Å²) in [5, 5.41) is 3.35. The maximum atomic E-state index is 5.50. The Kier molecular flexibility index (Phi) is 4.44. The second-order valence-electron chi connectivity index (χ2n) is 4.49. The molecule has 4 heteroatoms. The SMILES string of the molecule is CCCn1cc(C)nc1Nc1cccc(OCC)c1. The van der Waals surface area contributed by atoms with Crippen molar-refractivity contribution in [2.45, 2.75) is 33.7 Å². The topological polar surface area (TPSA) is 39.1 Å². The Bertz CT molecular complexity index is 534. The van der Waals surface area contributed by atoms with E-state index in [0.29, 0.717) is 6.61 Å². The molecule has 0 aliphatic carbocycles. The molecule has 0 radical (unpaired) electrons. The van der Waals surface area contributed by atoms with Crippen LogP contribution in [0.25, 0.3) is 0 Å². The predicted molar refractivity (Wildman–Crippen MR) is 78.1 cm³/mol. The quantitative estimate of drug-likeness (QED) is 0.858. The number of aryl methyl sites for hydroxylation is 2. The summed E-state index contributed by atoms with van der Waals surface area (Å²) in [7, 11) is 0. The van der Waals surface area contributed by atoms with E-state index in [1.165, 1.54) is 0 Å². The van der Waals surface area contributed by atoms with Gasteiger partial charge in [-0.3, -0.25) is 0 Å². The number of ether oxygens (including phenoxy) is 1. The molecule has 0 spiro atoms. The number of nitrogens with one attached hydrogen (secondary N) is 1. The van der Waals surface area contributed by atoms with Crippen LogP contribution in [0.2, 0.25) is 0 Å². The van der Waals surface area contributed by atoms with Crippen LogP contribution in [0.1, 0.15) is 26.0 Å². The lowest BCUT2D eigenvalue weighted by atomic mass is 10.3. The first-order chi connectivity index (χ1) is 9.22. The molecule has 0 atom stereocenters. The van der Waals surface area contributed by atoms with E-state index in [9.17, 15) is 0 Å². The Labute approximate surface area is 114 Å². The lowest BCUT2D eigenvalue weighted by Crippen LogP contribution is -2.03. The summed E-state index contributed by atoms with van der Waals surface area (Å²) < 4.78 is 7.64. The molecule has 0 unspecified atom stereocenters. The van der Waals surface area contributed by atoms with Gasteiger partial charge in [-0.25, -0.2) is 4.98 Å². The van der Waals surface area contributed by atoms with Crippen molar-refractivity contribution in [2.75, 3.05) is 11.9 Å². The molecule has 1 heterocycles. The molecular formula is C15H21N3O. The number of hydrogen-bond acceptors (Lipinski definition) is 3. The molecule has 1 N–H and O–H groups in total. The highest BCUT2D eigenvalue weighted by Gasteiger charge is 2.05. The third-order valence-electron chi connectivity index (χ3n) is 2.76. The zero-order valence-corrected chi connectivity index (χ0v) is 11.8. The van der Waals surface area contributed by atoms with Gasteiger partial charge in [0.1, 0.15) is 5.75 Å². The number of aromatic nitrogens is 2. The zero-order valence-electron chi connectivity index (χ0n) is 11.8. The molecule has 4 nitrogen and oxygen atoms in total. The molecule has 102 valence electrons. The largest absolute Gasteiger partial charge is 0.494 e. The van der Waals surface area contributed by atoms with Crippen molar-refractivity contribution in [1.82, 2.24) is 9.55 Å². The Hall–Kier alpha value is -1.97. The maximum Gasteiger partial charge on any atom is 0.207 e. The van der Waals surface area contributed by atoms with Gasteiger partial charge in [0.05, 0.1) is 12.3 Å². The van der Waals surface area contributed by atoms with Crippen molar-refractivity contribution < 1.29 is 4.74 Å². The van der Waals surface area contributed by atoms with E-state index in [1.54, 1.807) is 0 Å². The van der Waals surface area contributed by atoms with Gasteiger partial charge in [-0.15, -0.1) is 0 Å². The van der Waals surface area contributed by atoms with E-state index in [2.05, 4.69) is 28.0 Å². The molecule has 1 aromatic carbocycles. The van der Waals surface area contributed by atoms with Crippen molar-refractivity contribution >= 4 is 11.6 Å². The predicted octanol–water partition coefficient (Wildman–Crippen LogP) is 3.74. The summed E-state index contributed by atoms with van der Waals surface area (Å²) in [6.07, 6.45) is 3.15. The van der Waals surface area contributed by atoms with Crippen LogP contribution < -0.4 is 10.1 Å². The van der Waals surface area contributed by atoms with Crippen molar-refractivity contribution in [2.24, 2.45) is 0 Å². The summed E-state index contributed by atoms with van der Waals surface area (Å²) in [6.45, 7) is 7.79. The molecule has 2 rings (SSSR count). The van der Waals surface area contributed by atoms with Gasteiger partial charge in [-0.2, -0.15) is 0 Å². The Morgan fingerprint density at radius 3 is 2.89 bits per heavy atom. The van der Waals surface area contributed by atoms with Gasteiger partial charge in [0.2, 0.25) is 5.95 Å². The highest BCUT2D eigenvalue weighted by Crippen LogP contribution is 2.21. The molecule has 0 saturated heterocycles. The molecule has 0 aliphatic rings. The first-order valence-corrected chi connectivity index (χ1v) is 6.76. The average molecular weight is 259 g/mol. The van der Waals surface area contributed by atoms with Gasteiger partial charge in [0.15, 0.2) is 0 Å². The van der Waals surface area contributed by atoms with Gasteiger partial charge in [-0.05, 0) is 32.4 Å². The number of imidazole rings is 1. The van der Waals surface area contributed by atoms with Crippen LogP contribution in [0.5, 0.6) is 5.75 Å². The summed E-state index contributed by atoms with van der Waals surface area (Å²) in [5.74, 6) is 1.76. The average Bonchev–Trinajstić information content (AvgIpc) is 2.71. The third kappa shape index (κ3) is 3.50. The van der Waals surface area contributed by atoms with E-state index in [1.807, 2.05) is 38.1 Å². The molecule has 1 aromatic heterocycles. The lowest BCUT2D eigenvalue weighted by Gasteiger charge is -2.10. The van der Waals surface area contributed by atoms with E-state index < -0.39 is 0 Å². The van der Waals surface area contributed by atoms with E-state index in [4.69, 9.17) is 4.74 Å². The molecule has 0 saturated carbocycles. The van der Waals surface area contributed by atoms with E-state index in [0.717, 1.165) is 36.0 Å². The van der Waals surface area contributed by atoms with Gasteiger partial charge in [0, 0.05) is 24.5 Å². The molecular weight excluding hydrogens is 238 g/mol. The van der Waals surface area contributed by atoms with Crippen molar-refractivity contribution in [1.29, 1.82) is 0 Å². The van der Waals surface area contributed by atoms with Crippen LogP contribution in [0.15, 0.2) is 30.5 Å². The fourth-order valence-electron chi connectivity index (χ4n) is 2.02. The summed E-state index contributed by atoms with van der Waals surface area (Å²) in [4.78, 5) is 4.51. The fraction of sp³-hybridized carbons (Fsp3) is 0.400. The van der Waals surface area contributed by atoms with Gasteiger partial charge in [0.25, 0.3) is 0 Å². The highest BCUT2D eigenvalue weighted by molar-refractivity contribution is 5.56. The Morgan fingerprint density at radius 2 is 2.16 bits per heavy atom. The highest BCUT2D eigenvalue weighted by atomic mass is 16.5. The third-order valence-corrected chi connectivity index (χ3v) is 2.76. The van der Waals surface area contributed by atoms with Crippen molar-refractivity contribution in [3.05, 3.63) is 36.2 Å². The first kappa shape index (κ1) is 13.5. The second-order valence-corrected chi connectivity index (χ2v) is 4.49. The molecule has 0 aliphatic heterocycles. The van der Waals surface area contributed by atoms with Crippen LogP contribution in [0.4, 0.5) is 11.6 Å². The van der Waals surface area contributed by atoms with Gasteiger partial charge < -0.3 is 14.6 Å². The second kappa shape index (κ2) is 6.27. The monoisotopic (exact) mass is 259 g/mol. The molecule has 0 amide bonds. The standard InChI is InChI=1S/C15H21N3O/c1-4-9-18-11-12(3)16-15(18)17-13-7-6-8-14(10-13)19-5-2/h6-8,10-11H,4-5,9H2,1-3H3,(H,16,17). The van der Waals surface area contributed by atoms with E-state index >= 15 is 0 Å². The number of nitrogens with zero attached hydrogens (tertiary/aromatic N) is 2. The van der Waals surface area contributed by atoms with E-state index in [-0.39, 0.29) is 0 Å². The Morgan fingerprint density at radius 1 is 1.32 bits per heavy atom. The van der Waals surface area contributed by atoms with Crippen LogP contribution in [0.3, 0.4) is 0 Å². The summed E-state index contributed by atoms with van der Waals surface area (Å²) in [5.41, 5.74) is 2.02. The summed E-state index contributed by atoms with van der Waals surface area (Å²) >= 11 is 0.